The highest BCUT2D eigenvalue weighted by atomic mass is 15.2. The van der Waals surface area contributed by atoms with Gasteiger partial charge in [-0.15, -0.1) is 0 Å². The molecule has 0 aromatic heterocycles. The first-order chi connectivity index (χ1) is 3.43. The molecule has 1 heterocycles. The zero-order valence-electron chi connectivity index (χ0n) is 4.49. The van der Waals surface area contributed by atoms with Crippen molar-refractivity contribution in [3.63, 3.8) is 0 Å². The van der Waals surface area contributed by atoms with E-state index in [0.29, 0.717) is 0 Å². The van der Waals surface area contributed by atoms with Crippen LogP contribution in [0, 0.1) is 0 Å². The van der Waals surface area contributed by atoms with E-state index < -0.39 is 0 Å². The molecule has 1 atom stereocenters. The molecule has 1 heteroatoms. The molecule has 0 bridgehead atoms. The lowest BCUT2D eigenvalue weighted by atomic mass is 10.2. The average molecular weight is 95.1 g/mol. The Hall–Kier alpha value is -0.460. The highest BCUT2D eigenvalue weighted by molar-refractivity contribution is 5.58. The van der Waals surface area contributed by atoms with Crippen LogP contribution in [-0.2, 0) is 0 Å². The van der Waals surface area contributed by atoms with Gasteiger partial charge in [-0.25, -0.2) is 0 Å². The number of fused-ring (bicyclic) bond motifs is 1. The summed E-state index contributed by atoms with van der Waals surface area (Å²) >= 11 is 0. The molecule has 1 saturated heterocycles. The fraction of sp³-hybridized carbons (Fsp3) is 0.667. The fourth-order valence-electron chi connectivity index (χ4n) is 1.03. The smallest absolute Gasteiger partial charge is 0.0893 e. The quantitative estimate of drug-likeness (QED) is 0.508. The summed E-state index contributed by atoms with van der Waals surface area (Å²) in [5, 5.41) is 3.21. The van der Waals surface area contributed by atoms with Gasteiger partial charge in [0.15, 0.2) is 0 Å². The molecule has 2 aliphatic rings. The van der Waals surface area contributed by atoms with E-state index in [4.69, 9.17) is 0 Å². The second kappa shape index (κ2) is 0.857. The van der Waals surface area contributed by atoms with E-state index in [9.17, 15) is 0 Å². The van der Waals surface area contributed by atoms with Crippen LogP contribution < -0.4 is 5.32 Å². The Labute approximate surface area is 43.4 Å². The van der Waals surface area contributed by atoms with Crippen molar-refractivity contribution >= 4 is 0 Å². The van der Waals surface area contributed by atoms with Gasteiger partial charge in [-0.3, -0.25) is 0 Å². The third-order valence-corrected chi connectivity index (χ3v) is 1.64. The molecule has 0 aromatic carbocycles. The maximum atomic E-state index is 3.21. The Bertz CT molecular complexity index is 135. The maximum Gasteiger partial charge on any atom is 0.0893 e. The molecule has 1 nitrogen and oxygen atoms in total. The van der Waals surface area contributed by atoms with Gasteiger partial charge in [0.05, 0.1) is 6.04 Å². The Morgan fingerprint density at radius 3 is 2.57 bits per heavy atom. The molecule has 0 saturated carbocycles. The molecule has 1 fully saturated rings. The Morgan fingerprint density at radius 1 is 1.71 bits per heavy atom. The first-order valence-corrected chi connectivity index (χ1v) is 2.93. The number of nitrogens with one attached hydrogen (secondary N) is 1. The number of hydrogen-bond acceptors (Lipinski definition) is 1. The van der Waals surface area contributed by atoms with Crippen LogP contribution in [0.5, 0.6) is 0 Å². The highest BCUT2D eigenvalue weighted by Gasteiger charge is 2.49. The van der Waals surface area contributed by atoms with Crippen molar-refractivity contribution in [2.45, 2.75) is 25.8 Å². The van der Waals surface area contributed by atoms with Gasteiger partial charge in [-0.1, -0.05) is 13.3 Å². The first kappa shape index (κ1) is 3.53. The molecule has 0 amide bonds. The van der Waals surface area contributed by atoms with E-state index in [2.05, 4.69) is 12.2 Å². The zero-order valence-corrected chi connectivity index (χ0v) is 4.49. The van der Waals surface area contributed by atoms with E-state index in [0.717, 1.165) is 6.04 Å². The van der Waals surface area contributed by atoms with Gasteiger partial charge in [-0.05, 0) is 12.0 Å². The van der Waals surface area contributed by atoms with Gasteiger partial charge < -0.3 is 5.32 Å². The van der Waals surface area contributed by atoms with Crippen LogP contribution in [0.4, 0.5) is 0 Å². The van der Waals surface area contributed by atoms with Gasteiger partial charge in [0.2, 0.25) is 0 Å². The standard InChI is InChI=1S/C6H9N/c1-2-3-4-5-6(4)7-5/h5,7H,2-3H2,1H3. The lowest BCUT2D eigenvalue weighted by Gasteiger charge is -1.88. The fourth-order valence-corrected chi connectivity index (χ4v) is 1.03. The molecule has 2 rings (SSSR count). The normalized spacial score (nSPS) is 31.9. The van der Waals surface area contributed by atoms with Crippen molar-refractivity contribution < 1.29 is 0 Å². The Balaban J connectivity index is 1.90. The number of rotatable bonds is 2. The summed E-state index contributed by atoms with van der Waals surface area (Å²) in [6.45, 7) is 2.23. The molecule has 1 N–H and O–H groups in total. The van der Waals surface area contributed by atoms with Crippen molar-refractivity contribution in [3.8, 4) is 0 Å². The van der Waals surface area contributed by atoms with Crippen LogP contribution in [0.1, 0.15) is 19.8 Å². The van der Waals surface area contributed by atoms with E-state index in [1.54, 1.807) is 11.3 Å². The first-order valence-electron chi connectivity index (χ1n) is 2.93. The zero-order chi connectivity index (χ0) is 4.85. The Morgan fingerprint density at radius 2 is 2.43 bits per heavy atom. The molecule has 0 aromatic rings. The average Bonchev–Trinajstić information content (AvgIpc) is 2.41. The predicted octanol–water partition coefficient (Wildman–Crippen LogP) is 1.03. The third kappa shape index (κ3) is 0.328. The second-order valence-corrected chi connectivity index (χ2v) is 2.27. The summed E-state index contributed by atoms with van der Waals surface area (Å²) in [6, 6.07) is 0.819. The van der Waals surface area contributed by atoms with Gasteiger partial charge in [-0.2, -0.15) is 0 Å². The minimum atomic E-state index is 0.819. The molecule has 1 aliphatic heterocycles. The number of hydrogen-bond donors (Lipinski definition) is 1. The molecular formula is C6H9N. The third-order valence-electron chi connectivity index (χ3n) is 1.64. The van der Waals surface area contributed by atoms with E-state index in [1.807, 2.05) is 0 Å². The lowest BCUT2D eigenvalue weighted by Crippen LogP contribution is -1.91. The summed E-state index contributed by atoms with van der Waals surface area (Å²) in [4.78, 5) is 0. The molecular weight excluding hydrogens is 86.1 g/mol. The van der Waals surface area contributed by atoms with E-state index in [1.165, 1.54) is 12.8 Å². The SMILES string of the molecule is CCCC1=C2NC12. The topological polar surface area (TPSA) is 21.9 Å². The molecule has 0 radical (unpaired) electrons. The van der Waals surface area contributed by atoms with Crippen LogP contribution in [0.3, 0.4) is 0 Å². The largest absolute Gasteiger partial charge is 0.374 e. The van der Waals surface area contributed by atoms with Crippen molar-refractivity contribution in [2.75, 3.05) is 0 Å². The lowest BCUT2D eigenvalue weighted by molar-refractivity contribution is 0.879. The van der Waals surface area contributed by atoms with Crippen LogP contribution >= 0.6 is 0 Å². The summed E-state index contributed by atoms with van der Waals surface area (Å²) in [5.74, 6) is 0. The van der Waals surface area contributed by atoms with Gasteiger partial charge in [0.1, 0.15) is 0 Å². The molecule has 1 aliphatic carbocycles. The van der Waals surface area contributed by atoms with Crippen LogP contribution in [-0.4, -0.2) is 6.04 Å². The van der Waals surface area contributed by atoms with Crippen molar-refractivity contribution in [1.29, 1.82) is 0 Å². The minimum Gasteiger partial charge on any atom is -0.374 e. The van der Waals surface area contributed by atoms with Crippen LogP contribution in [0.25, 0.3) is 0 Å². The molecule has 1 unspecified atom stereocenters. The predicted molar refractivity (Wildman–Crippen MR) is 28.9 cm³/mol. The van der Waals surface area contributed by atoms with Gasteiger partial charge in [0, 0.05) is 5.70 Å². The summed E-state index contributed by atoms with van der Waals surface area (Å²) in [7, 11) is 0. The summed E-state index contributed by atoms with van der Waals surface area (Å²) in [5.41, 5.74) is 3.25. The maximum absolute atomic E-state index is 3.21. The van der Waals surface area contributed by atoms with Crippen molar-refractivity contribution in [2.24, 2.45) is 0 Å². The minimum absolute atomic E-state index is 0.819. The monoisotopic (exact) mass is 95.1 g/mol. The van der Waals surface area contributed by atoms with E-state index >= 15 is 0 Å². The highest BCUT2D eigenvalue weighted by Crippen LogP contribution is 2.45. The summed E-state index contributed by atoms with van der Waals surface area (Å²) < 4.78 is 0. The van der Waals surface area contributed by atoms with Gasteiger partial charge in [0.25, 0.3) is 0 Å². The van der Waals surface area contributed by atoms with Crippen LogP contribution in [0.15, 0.2) is 11.3 Å². The summed E-state index contributed by atoms with van der Waals surface area (Å²) in [6.07, 6.45) is 2.66. The van der Waals surface area contributed by atoms with Crippen molar-refractivity contribution in [1.82, 2.24) is 5.32 Å². The van der Waals surface area contributed by atoms with E-state index in [-0.39, 0.29) is 0 Å². The van der Waals surface area contributed by atoms with Crippen LogP contribution in [0.2, 0.25) is 0 Å². The van der Waals surface area contributed by atoms with Gasteiger partial charge >= 0.3 is 0 Å². The van der Waals surface area contributed by atoms with Crippen molar-refractivity contribution in [3.05, 3.63) is 11.3 Å². The molecule has 0 spiro atoms. The molecule has 38 valence electrons. The second-order valence-electron chi connectivity index (χ2n) is 2.27. The molecule has 7 heavy (non-hydrogen) atoms. The Kier molecular flexibility index (Phi) is 0.432.